The van der Waals surface area contributed by atoms with Gasteiger partial charge in [-0.3, -0.25) is 0 Å². The van der Waals surface area contributed by atoms with Crippen LogP contribution in [0.1, 0.15) is 26.2 Å². The first-order valence-electron chi connectivity index (χ1n) is 4.13. The van der Waals surface area contributed by atoms with E-state index in [4.69, 9.17) is 0 Å². The standard InChI is InChI=1S/C8H18Si.Na.H/c1-8-6-4-5-7-9(8,2)3;;/h8H,4-7H2,1-3H3;;. The van der Waals surface area contributed by atoms with Gasteiger partial charge in [-0.1, -0.05) is 45.3 Å². The minimum absolute atomic E-state index is 0. The third-order valence-corrected chi connectivity index (χ3v) is 7.64. The summed E-state index contributed by atoms with van der Waals surface area (Å²) < 4.78 is 0. The van der Waals surface area contributed by atoms with Crippen molar-refractivity contribution in [3.63, 3.8) is 0 Å². The average Bonchev–Trinajstić information content (AvgIpc) is 1.77. The SMILES string of the molecule is CC1CCCC[Si]1(C)C.[NaH]. The van der Waals surface area contributed by atoms with E-state index < -0.39 is 8.07 Å². The van der Waals surface area contributed by atoms with Crippen molar-refractivity contribution >= 4 is 37.6 Å². The molecular formula is C8H19NaSi. The van der Waals surface area contributed by atoms with E-state index in [1.165, 1.54) is 19.3 Å². The number of rotatable bonds is 0. The monoisotopic (exact) mass is 166 g/mol. The topological polar surface area (TPSA) is 0 Å². The predicted molar refractivity (Wildman–Crippen MR) is 52.7 cm³/mol. The molecule has 1 fully saturated rings. The molecule has 0 aromatic carbocycles. The van der Waals surface area contributed by atoms with Gasteiger partial charge in [-0.05, 0) is 5.54 Å². The molecule has 0 spiro atoms. The quantitative estimate of drug-likeness (QED) is 0.485. The van der Waals surface area contributed by atoms with Crippen molar-refractivity contribution in [2.45, 2.75) is 50.9 Å². The molecule has 0 aromatic rings. The van der Waals surface area contributed by atoms with Crippen molar-refractivity contribution in [2.75, 3.05) is 0 Å². The van der Waals surface area contributed by atoms with Gasteiger partial charge < -0.3 is 0 Å². The first kappa shape index (κ1) is 11.2. The molecule has 10 heavy (non-hydrogen) atoms. The summed E-state index contributed by atoms with van der Waals surface area (Å²) in [4.78, 5) is 0. The van der Waals surface area contributed by atoms with Gasteiger partial charge in [0.15, 0.2) is 0 Å². The number of hydrogen-bond acceptors (Lipinski definition) is 0. The molecule has 2 heteroatoms. The maximum atomic E-state index is 2.54. The van der Waals surface area contributed by atoms with E-state index in [2.05, 4.69) is 20.0 Å². The van der Waals surface area contributed by atoms with Crippen LogP contribution in [0.25, 0.3) is 0 Å². The summed E-state index contributed by atoms with van der Waals surface area (Å²) in [6.07, 6.45) is 4.53. The second-order valence-electron chi connectivity index (χ2n) is 4.14. The molecule has 1 saturated heterocycles. The summed E-state index contributed by atoms with van der Waals surface area (Å²) in [5.41, 5.74) is 1.09. The van der Waals surface area contributed by atoms with Crippen LogP contribution in [0.3, 0.4) is 0 Å². The van der Waals surface area contributed by atoms with Crippen LogP contribution in [0, 0.1) is 0 Å². The van der Waals surface area contributed by atoms with Gasteiger partial charge in [0.1, 0.15) is 0 Å². The zero-order valence-corrected chi connectivity index (χ0v) is 7.91. The fraction of sp³-hybridized carbons (Fsp3) is 1.00. The van der Waals surface area contributed by atoms with Crippen LogP contribution in [0.4, 0.5) is 0 Å². The molecule has 0 N–H and O–H groups in total. The van der Waals surface area contributed by atoms with E-state index in [9.17, 15) is 0 Å². The van der Waals surface area contributed by atoms with Gasteiger partial charge in [0.25, 0.3) is 0 Å². The summed E-state index contributed by atoms with van der Waals surface area (Å²) >= 11 is 0. The first-order valence-corrected chi connectivity index (χ1v) is 7.41. The molecule has 0 bridgehead atoms. The maximum absolute atomic E-state index is 2.54. The average molecular weight is 166 g/mol. The fourth-order valence-corrected chi connectivity index (χ4v) is 4.31. The molecule has 0 nitrogen and oxygen atoms in total. The Bertz CT molecular complexity index is 101. The van der Waals surface area contributed by atoms with Gasteiger partial charge in [0, 0.05) is 0 Å². The molecule has 0 aromatic heterocycles. The molecule has 56 valence electrons. The third kappa shape index (κ3) is 2.69. The Morgan fingerprint density at radius 2 is 1.80 bits per heavy atom. The predicted octanol–water partition coefficient (Wildman–Crippen LogP) is 2.62. The van der Waals surface area contributed by atoms with E-state index in [1.54, 1.807) is 6.04 Å². The van der Waals surface area contributed by atoms with Crippen molar-refractivity contribution < 1.29 is 0 Å². The molecule has 0 amide bonds. The molecule has 1 aliphatic heterocycles. The second-order valence-corrected chi connectivity index (χ2v) is 9.60. The molecule has 1 atom stereocenters. The Kier molecular flexibility index (Phi) is 4.82. The van der Waals surface area contributed by atoms with Gasteiger partial charge in [0.2, 0.25) is 0 Å². The summed E-state index contributed by atoms with van der Waals surface area (Å²) in [6, 6.07) is 1.58. The van der Waals surface area contributed by atoms with Crippen LogP contribution in [-0.4, -0.2) is 37.6 Å². The van der Waals surface area contributed by atoms with Crippen molar-refractivity contribution in [3.05, 3.63) is 0 Å². The molecular weight excluding hydrogens is 147 g/mol. The van der Waals surface area contributed by atoms with Crippen LogP contribution in [0.5, 0.6) is 0 Å². The van der Waals surface area contributed by atoms with Crippen molar-refractivity contribution in [3.8, 4) is 0 Å². The molecule has 1 aliphatic rings. The van der Waals surface area contributed by atoms with E-state index >= 15 is 0 Å². The summed E-state index contributed by atoms with van der Waals surface area (Å²) in [6.45, 7) is 7.53. The van der Waals surface area contributed by atoms with Crippen LogP contribution < -0.4 is 0 Å². The van der Waals surface area contributed by atoms with Crippen LogP contribution in [0.15, 0.2) is 0 Å². The Morgan fingerprint density at radius 1 is 1.20 bits per heavy atom. The van der Waals surface area contributed by atoms with E-state index in [0.29, 0.717) is 0 Å². The van der Waals surface area contributed by atoms with Crippen LogP contribution in [0.2, 0.25) is 24.7 Å². The summed E-state index contributed by atoms with van der Waals surface area (Å²) in [7, 11) is -0.694. The first-order chi connectivity index (χ1) is 4.13. The van der Waals surface area contributed by atoms with Gasteiger partial charge >= 0.3 is 29.6 Å². The minimum atomic E-state index is -0.694. The van der Waals surface area contributed by atoms with Crippen molar-refractivity contribution in [1.82, 2.24) is 0 Å². The Hall–Kier alpha value is 1.22. The van der Waals surface area contributed by atoms with Gasteiger partial charge in [-0.2, -0.15) is 0 Å². The molecule has 0 radical (unpaired) electrons. The van der Waals surface area contributed by atoms with E-state index in [0.717, 1.165) is 5.54 Å². The van der Waals surface area contributed by atoms with Gasteiger partial charge in [0.05, 0.1) is 8.07 Å². The molecule has 1 unspecified atom stereocenters. The molecule has 1 rings (SSSR count). The molecule has 0 saturated carbocycles. The Labute approximate surface area is 88.1 Å². The van der Waals surface area contributed by atoms with Gasteiger partial charge in [-0.25, -0.2) is 0 Å². The Morgan fingerprint density at radius 3 is 2.10 bits per heavy atom. The van der Waals surface area contributed by atoms with E-state index in [1.807, 2.05) is 0 Å². The third-order valence-electron chi connectivity index (χ3n) is 3.04. The fourth-order valence-electron chi connectivity index (χ4n) is 1.67. The van der Waals surface area contributed by atoms with Gasteiger partial charge in [-0.15, -0.1) is 0 Å². The normalized spacial score (nSPS) is 30.9. The van der Waals surface area contributed by atoms with Crippen LogP contribution in [-0.2, 0) is 0 Å². The Balaban J connectivity index is 0.000000810. The molecule has 1 heterocycles. The van der Waals surface area contributed by atoms with E-state index in [-0.39, 0.29) is 29.6 Å². The number of hydrogen-bond donors (Lipinski definition) is 0. The summed E-state index contributed by atoms with van der Waals surface area (Å²) in [5.74, 6) is 0. The van der Waals surface area contributed by atoms with Crippen molar-refractivity contribution in [1.29, 1.82) is 0 Å². The zero-order chi connectivity index (χ0) is 6.91. The summed E-state index contributed by atoms with van der Waals surface area (Å²) in [5, 5.41) is 0. The zero-order valence-electron chi connectivity index (χ0n) is 6.91. The van der Waals surface area contributed by atoms with Crippen molar-refractivity contribution in [2.24, 2.45) is 0 Å². The molecule has 0 aliphatic carbocycles. The second kappa shape index (κ2) is 4.29. The van der Waals surface area contributed by atoms with Crippen LogP contribution >= 0.6 is 0 Å².